The Kier molecular flexibility index (Phi) is 4.77. The Balaban J connectivity index is 1.46. The van der Waals surface area contributed by atoms with Gasteiger partial charge in [0.25, 0.3) is 5.56 Å². The quantitative estimate of drug-likeness (QED) is 0.485. The van der Waals surface area contributed by atoms with Gasteiger partial charge in [0.2, 0.25) is 5.95 Å². The average Bonchev–Trinajstić information content (AvgIpc) is 3.62. The van der Waals surface area contributed by atoms with E-state index in [1.165, 1.54) is 11.1 Å². The molecular weight excluding hydrogens is 428 g/mol. The summed E-state index contributed by atoms with van der Waals surface area (Å²) < 4.78 is 3.62. The van der Waals surface area contributed by atoms with Crippen molar-refractivity contribution >= 4 is 22.7 Å². The maximum absolute atomic E-state index is 13.3. The first-order valence-corrected chi connectivity index (χ1v) is 11.8. The van der Waals surface area contributed by atoms with Crippen LogP contribution in [0.15, 0.2) is 41.5 Å². The highest BCUT2D eigenvalue weighted by Gasteiger charge is 2.31. The number of hydrogen-bond donors (Lipinski definition) is 2. The Morgan fingerprint density at radius 1 is 1.09 bits per heavy atom. The lowest BCUT2D eigenvalue weighted by Gasteiger charge is -2.18. The molecule has 1 aliphatic heterocycles. The fourth-order valence-electron chi connectivity index (χ4n) is 4.44. The summed E-state index contributed by atoms with van der Waals surface area (Å²) in [4.78, 5) is 31.8. The molecule has 0 atom stereocenters. The Bertz CT molecular complexity index is 1460. The van der Waals surface area contributed by atoms with Gasteiger partial charge in [-0.25, -0.2) is 24.3 Å². The maximum Gasteiger partial charge on any atom is 0.278 e. The molecule has 3 aromatic heterocycles. The zero-order chi connectivity index (χ0) is 23.4. The lowest BCUT2D eigenvalue weighted by Crippen LogP contribution is -2.23. The first-order valence-electron chi connectivity index (χ1n) is 11.8. The lowest BCUT2D eigenvalue weighted by molar-refractivity contribution is 0.524. The van der Waals surface area contributed by atoms with Gasteiger partial charge in [0.15, 0.2) is 11.5 Å². The molecule has 1 saturated carbocycles. The van der Waals surface area contributed by atoms with Crippen molar-refractivity contribution in [3.05, 3.63) is 64.0 Å². The number of aromatic nitrogens is 6. The summed E-state index contributed by atoms with van der Waals surface area (Å²) in [6.45, 7) is 8.10. The highest BCUT2D eigenvalue weighted by Crippen LogP contribution is 2.35. The van der Waals surface area contributed by atoms with Crippen LogP contribution in [0.4, 0.5) is 11.6 Å². The van der Waals surface area contributed by atoms with Crippen molar-refractivity contribution in [1.29, 1.82) is 0 Å². The van der Waals surface area contributed by atoms with Crippen molar-refractivity contribution in [2.45, 2.75) is 58.0 Å². The molecule has 9 heteroatoms. The van der Waals surface area contributed by atoms with E-state index in [9.17, 15) is 4.79 Å². The predicted octanol–water partition coefficient (Wildman–Crippen LogP) is 3.39. The third-order valence-electron chi connectivity index (χ3n) is 6.39. The van der Waals surface area contributed by atoms with Crippen LogP contribution in [-0.4, -0.2) is 35.8 Å². The first kappa shape index (κ1) is 21.0. The summed E-state index contributed by atoms with van der Waals surface area (Å²) in [6.07, 6.45) is 6.34. The number of hydrogen-bond acceptors (Lipinski definition) is 7. The van der Waals surface area contributed by atoms with Crippen molar-refractivity contribution in [1.82, 2.24) is 34.6 Å². The van der Waals surface area contributed by atoms with Crippen molar-refractivity contribution in [3.63, 3.8) is 0 Å². The van der Waals surface area contributed by atoms with Crippen molar-refractivity contribution in [2.75, 3.05) is 11.9 Å². The monoisotopic (exact) mass is 456 g/mol. The Morgan fingerprint density at radius 2 is 1.94 bits per heavy atom. The van der Waals surface area contributed by atoms with Gasteiger partial charge in [-0.3, -0.25) is 4.79 Å². The van der Waals surface area contributed by atoms with E-state index in [0.717, 1.165) is 43.9 Å². The summed E-state index contributed by atoms with van der Waals surface area (Å²) in [5.41, 5.74) is 3.83. The summed E-state index contributed by atoms with van der Waals surface area (Å²) in [5.74, 6) is 1.81. The number of nitrogens with zero attached hydrogens (tertiary/aromatic N) is 6. The van der Waals surface area contributed by atoms with Crippen LogP contribution in [0.1, 0.15) is 56.6 Å². The highest BCUT2D eigenvalue weighted by atomic mass is 16.1. The largest absolute Gasteiger partial charge is 0.324 e. The molecule has 0 saturated heterocycles. The van der Waals surface area contributed by atoms with Crippen molar-refractivity contribution in [2.24, 2.45) is 0 Å². The van der Waals surface area contributed by atoms with E-state index in [0.29, 0.717) is 22.8 Å². The zero-order valence-corrected chi connectivity index (χ0v) is 19.7. The standard InChI is InChI=1S/C25H28N8O/c1-25(2,3)23-27-11-9-20(30-23)33-21-19(22(34)32(33)18-6-7-18)14-28-24(31-21)29-17-5-4-15-8-10-26-13-16(15)12-17/h4-5,9,11-12,14,18,26H,6-8,10,13H2,1-3H3,(H,28,29,31). The topological polar surface area (TPSA) is 103 Å². The van der Waals surface area contributed by atoms with Gasteiger partial charge < -0.3 is 10.6 Å². The van der Waals surface area contributed by atoms with Crippen LogP contribution in [0.2, 0.25) is 0 Å². The fourth-order valence-corrected chi connectivity index (χ4v) is 4.44. The van der Waals surface area contributed by atoms with Crippen molar-refractivity contribution < 1.29 is 0 Å². The minimum atomic E-state index is -0.216. The molecule has 6 rings (SSSR count). The molecule has 34 heavy (non-hydrogen) atoms. The molecule has 0 spiro atoms. The van der Waals surface area contributed by atoms with Gasteiger partial charge >= 0.3 is 0 Å². The third-order valence-corrected chi connectivity index (χ3v) is 6.39. The van der Waals surface area contributed by atoms with E-state index in [1.807, 2.05) is 10.7 Å². The van der Waals surface area contributed by atoms with Crippen LogP contribution in [0.5, 0.6) is 0 Å². The molecule has 2 aliphatic rings. The van der Waals surface area contributed by atoms with E-state index in [4.69, 9.17) is 9.97 Å². The van der Waals surface area contributed by atoms with E-state index < -0.39 is 0 Å². The molecule has 4 heterocycles. The fraction of sp³-hybridized carbons (Fsp3) is 0.400. The normalized spacial score (nSPS) is 16.0. The first-order chi connectivity index (χ1) is 16.4. The second-order valence-electron chi connectivity index (χ2n) is 10.1. The molecular formula is C25H28N8O. The second-order valence-corrected chi connectivity index (χ2v) is 10.1. The van der Waals surface area contributed by atoms with E-state index in [1.54, 1.807) is 17.1 Å². The molecule has 4 aromatic rings. The van der Waals surface area contributed by atoms with Gasteiger partial charge in [0, 0.05) is 36.1 Å². The van der Waals surface area contributed by atoms with Gasteiger partial charge in [0.05, 0.1) is 6.04 Å². The zero-order valence-electron chi connectivity index (χ0n) is 19.7. The van der Waals surface area contributed by atoms with Crippen LogP contribution < -0.4 is 16.2 Å². The SMILES string of the molecule is CC(C)(C)c1nccc(-n2c3nc(Nc4ccc5c(c4)CNCC5)ncc3c(=O)n2C2CC2)n1. The predicted molar refractivity (Wildman–Crippen MR) is 131 cm³/mol. The Morgan fingerprint density at radius 3 is 2.74 bits per heavy atom. The molecule has 1 fully saturated rings. The molecule has 9 nitrogen and oxygen atoms in total. The van der Waals surface area contributed by atoms with Gasteiger partial charge in [-0.2, -0.15) is 4.98 Å². The van der Waals surface area contributed by atoms with Crippen LogP contribution in [-0.2, 0) is 18.4 Å². The van der Waals surface area contributed by atoms with E-state index >= 15 is 0 Å². The number of rotatable bonds is 4. The van der Waals surface area contributed by atoms with Gasteiger partial charge in [0.1, 0.15) is 11.2 Å². The average molecular weight is 457 g/mol. The Labute approximate surface area is 197 Å². The molecule has 0 unspecified atom stereocenters. The Hall–Kier alpha value is -3.59. The van der Waals surface area contributed by atoms with E-state index in [-0.39, 0.29) is 17.0 Å². The summed E-state index contributed by atoms with van der Waals surface area (Å²) >= 11 is 0. The molecule has 1 aliphatic carbocycles. The minimum absolute atomic E-state index is 0.0835. The summed E-state index contributed by atoms with van der Waals surface area (Å²) in [7, 11) is 0. The second kappa shape index (κ2) is 7.73. The third kappa shape index (κ3) is 3.66. The maximum atomic E-state index is 13.3. The number of nitrogens with one attached hydrogen (secondary N) is 2. The van der Waals surface area contributed by atoms with E-state index in [2.05, 4.69) is 59.6 Å². The number of benzene rings is 1. The highest BCUT2D eigenvalue weighted by molar-refractivity contribution is 5.77. The van der Waals surface area contributed by atoms with Crippen LogP contribution in [0.25, 0.3) is 16.9 Å². The molecule has 0 bridgehead atoms. The van der Waals surface area contributed by atoms with Gasteiger partial charge in [-0.15, -0.1) is 0 Å². The van der Waals surface area contributed by atoms with Crippen LogP contribution >= 0.6 is 0 Å². The summed E-state index contributed by atoms with van der Waals surface area (Å²) in [5, 5.41) is 7.23. The summed E-state index contributed by atoms with van der Waals surface area (Å²) in [6, 6.07) is 8.33. The molecule has 2 N–H and O–H groups in total. The van der Waals surface area contributed by atoms with Crippen LogP contribution in [0.3, 0.4) is 0 Å². The van der Waals surface area contributed by atoms with Crippen molar-refractivity contribution in [3.8, 4) is 5.82 Å². The molecule has 174 valence electrons. The van der Waals surface area contributed by atoms with Gasteiger partial charge in [-0.05, 0) is 49.1 Å². The number of fused-ring (bicyclic) bond motifs is 2. The number of anilines is 2. The van der Waals surface area contributed by atoms with Crippen LogP contribution in [0, 0.1) is 0 Å². The lowest BCUT2D eigenvalue weighted by atomic mass is 9.96. The molecule has 1 aromatic carbocycles. The minimum Gasteiger partial charge on any atom is -0.324 e. The smallest absolute Gasteiger partial charge is 0.278 e. The van der Waals surface area contributed by atoms with Gasteiger partial charge in [-0.1, -0.05) is 26.8 Å². The molecule has 0 radical (unpaired) electrons. The molecule has 0 amide bonds.